The molecule has 0 fully saturated rings. The Balaban J connectivity index is 2.44. The van der Waals surface area contributed by atoms with Gasteiger partial charge in [0, 0.05) is 0 Å². The lowest BCUT2D eigenvalue weighted by molar-refractivity contribution is 0.0635. The van der Waals surface area contributed by atoms with E-state index in [4.69, 9.17) is 4.74 Å². The Hall–Kier alpha value is -2.51. The standard InChI is InChI=1S/C14H15F2N3O3/c1-14(2,3)22-13(21)18-9-5-4-8-10(11(9)16)12(20)19(6-15)7-17-8/h4-5,7H,6H2,1-3H3,(H,18,21). The summed E-state index contributed by atoms with van der Waals surface area (Å²) in [5, 5.41) is 1.82. The van der Waals surface area contributed by atoms with E-state index in [9.17, 15) is 18.4 Å². The normalized spacial score (nSPS) is 11.5. The van der Waals surface area contributed by atoms with Gasteiger partial charge in [-0.3, -0.25) is 14.7 Å². The van der Waals surface area contributed by atoms with Gasteiger partial charge >= 0.3 is 6.09 Å². The van der Waals surface area contributed by atoms with Gasteiger partial charge in [0.2, 0.25) is 0 Å². The van der Waals surface area contributed by atoms with Crippen LogP contribution < -0.4 is 10.9 Å². The number of alkyl halides is 1. The number of carbonyl (C=O) groups is 1. The van der Waals surface area contributed by atoms with Crippen LogP contribution >= 0.6 is 0 Å². The summed E-state index contributed by atoms with van der Waals surface area (Å²) in [5.74, 6) is -0.983. The molecule has 0 saturated carbocycles. The number of benzene rings is 1. The Bertz CT molecular complexity index is 781. The maximum Gasteiger partial charge on any atom is 0.412 e. The number of amides is 1. The molecule has 0 spiro atoms. The van der Waals surface area contributed by atoms with Crippen LogP contribution in [-0.4, -0.2) is 21.2 Å². The van der Waals surface area contributed by atoms with E-state index in [2.05, 4.69) is 10.3 Å². The van der Waals surface area contributed by atoms with Gasteiger partial charge in [-0.15, -0.1) is 0 Å². The summed E-state index contributed by atoms with van der Waals surface area (Å²) in [4.78, 5) is 27.4. The minimum Gasteiger partial charge on any atom is -0.444 e. The van der Waals surface area contributed by atoms with Crippen molar-refractivity contribution in [1.82, 2.24) is 9.55 Å². The van der Waals surface area contributed by atoms with E-state index in [0.29, 0.717) is 4.57 Å². The Morgan fingerprint density at radius 3 is 2.68 bits per heavy atom. The smallest absolute Gasteiger partial charge is 0.412 e. The Kier molecular flexibility index (Phi) is 4.11. The highest BCUT2D eigenvalue weighted by Gasteiger charge is 2.19. The molecule has 0 bridgehead atoms. The van der Waals surface area contributed by atoms with Crippen molar-refractivity contribution in [1.29, 1.82) is 0 Å². The predicted molar refractivity (Wildman–Crippen MR) is 76.9 cm³/mol. The first-order chi connectivity index (χ1) is 10.2. The molecule has 0 radical (unpaired) electrons. The molecule has 8 heteroatoms. The third-order valence-corrected chi connectivity index (χ3v) is 2.70. The number of nitrogens with zero attached hydrogens (tertiary/aromatic N) is 2. The zero-order valence-corrected chi connectivity index (χ0v) is 12.3. The number of anilines is 1. The molecule has 1 amide bonds. The van der Waals surface area contributed by atoms with E-state index in [-0.39, 0.29) is 11.2 Å². The van der Waals surface area contributed by atoms with E-state index in [1.807, 2.05) is 0 Å². The number of carbonyl (C=O) groups excluding carboxylic acids is 1. The lowest BCUT2D eigenvalue weighted by Crippen LogP contribution is -2.27. The van der Waals surface area contributed by atoms with Crippen LogP contribution in [0, 0.1) is 5.82 Å². The van der Waals surface area contributed by atoms with Gasteiger partial charge in [-0.05, 0) is 32.9 Å². The zero-order chi connectivity index (χ0) is 16.5. The molecule has 0 aliphatic rings. The molecule has 2 aromatic rings. The molecule has 1 aromatic carbocycles. The lowest BCUT2D eigenvalue weighted by Gasteiger charge is -2.19. The number of hydrogen-bond acceptors (Lipinski definition) is 4. The number of fused-ring (bicyclic) bond motifs is 1. The van der Waals surface area contributed by atoms with Crippen molar-refractivity contribution in [2.24, 2.45) is 0 Å². The number of rotatable bonds is 2. The molecule has 0 aliphatic carbocycles. The summed E-state index contributed by atoms with van der Waals surface area (Å²) in [6, 6.07) is 2.61. The van der Waals surface area contributed by atoms with Crippen molar-refractivity contribution in [2.75, 3.05) is 5.32 Å². The van der Waals surface area contributed by atoms with Gasteiger partial charge < -0.3 is 4.74 Å². The molecule has 0 unspecified atom stereocenters. The van der Waals surface area contributed by atoms with Crippen LogP contribution in [0.2, 0.25) is 0 Å². The van der Waals surface area contributed by atoms with E-state index < -0.39 is 35.3 Å². The van der Waals surface area contributed by atoms with Crippen molar-refractivity contribution in [3.8, 4) is 0 Å². The second-order valence-corrected chi connectivity index (χ2v) is 5.59. The van der Waals surface area contributed by atoms with Crippen molar-refractivity contribution in [3.63, 3.8) is 0 Å². The van der Waals surface area contributed by atoms with Crippen LogP contribution in [0.25, 0.3) is 10.9 Å². The first kappa shape index (κ1) is 15.9. The van der Waals surface area contributed by atoms with Crippen molar-refractivity contribution < 1.29 is 18.3 Å². The van der Waals surface area contributed by atoms with Gasteiger partial charge in [0.05, 0.1) is 11.2 Å². The highest BCUT2D eigenvalue weighted by atomic mass is 19.1. The molecule has 118 valence electrons. The number of hydrogen-bond donors (Lipinski definition) is 1. The molecule has 22 heavy (non-hydrogen) atoms. The van der Waals surface area contributed by atoms with Crippen molar-refractivity contribution in [2.45, 2.75) is 33.2 Å². The maximum atomic E-state index is 14.4. The van der Waals surface area contributed by atoms with Gasteiger partial charge in [0.1, 0.15) is 17.3 Å². The molecule has 0 atom stereocenters. The van der Waals surface area contributed by atoms with Crippen LogP contribution in [0.5, 0.6) is 0 Å². The highest BCUT2D eigenvalue weighted by Crippen LogP contribution is 2.21. The summed E-state index contributed by atoms with van der Waals surface area (Å²) in [7, 11) is 0. The van der Waals surface area contributed by atoms with Crippen molar-refractivity contribution in [3.05, 3.63) is 34.6 Å². The Labute approximate surface area is 124 Å². The minimum absolute atomic E-state index is 0.0712. The van der Waals surface area contributed by atoms with Gasteiger partial charge in [-0.1, -0.05) is 0 Å². The fourth-order valence-corrected chi connectivity index (χ4v) is 1.80. The third-order valence-electron chi connectivity index (χ3n) is 2.70. The van der Waals surface area contributed by atoms with Crippen LogP contribution in [-0.2, 0) is 11.5 Å². The summed E-state index contributed by atoms with van der Waals surface area (Å²) < 4.78 is 32.7. The molecule has 6 nitrogen and oxygen atoms in total. The Morgan fingerprint density at radius 2 is 2.09 bits per heavy atom. The van der Waals surface area contributed by atoms with Crippen LogP contribution in [0.1, 0.15) is 20.8 Å². The monoisotopic (exact) mass is 311 g/mol. The highest BCUT2D eigenvalue weighted by molar-refractivity contribution is 5.90. The van der Waals surface area contributed by atoms with Gasteiger partial charge in [-0.25, -0.2) is 18.6 Å². The predicted octanol–water partition coefficient (Wildman–Crippen LogP) is 2.81. The number of halogens is 2. The maximum absolute atomic E-state index is 14.4. The molecule has 1 N–H and O–H groups in total. The fraction of sp³-hybridized carbons (Fsp3) is 0.357. The molecular formula is C14H15F2N3O3. The Morgan fingerprint density at radius 1 is 1.41 bits per heavy atom. The van der Waals surface area contributed by atoms with Crippen molar-refractivity contribution >= 4 is 22.7 Å². The quantitative estimate of drug-likeness (QED) is 0.925. The average molecular weight is 311 g/mol. The molecule has 1 heterocycles. The number of nitrogens with one attached hydrogen (secondary N) is 1. The first-order valence-corrected chi connectivity index (χ1v) is 6.46. The van der Waals surface area contributed by atoms with Crippen LogP contribution in [0.3, 0.4) is 0 Å². The fourth-order valence-electron chi connectivity index (χ4n) is 1.80. The first-order valence-electron chi connectivity index (χ1n) is 6.46. The summed E-state index contributed by atoms with van der Waals surface area (Å²) in [6.07, 6.45) is 0.130. The van der Waals surface area contributed by atoms with Crippen LogP contribution in [0.15, 0.2) is 23.3 Å². The molecule has 0 saturated heterocycles. The van der Waals surface area contributed by atoms with E-state index >= 15 is 0 Å². The minimum atomic E-state index is -1.12. The molecule has 2 rings (SSSR count). The summed E-state index contributed by atoms with van der Waals surface area (Å²) in [5.41, 5.74) is -1.78. The molecule has 0 aliphatic heterocycles. The third kappa shape index (κ3) is 3.21. The lowest BCUT2D eigenvalue weighted by atomic mass is 10.2. The molecular weight excluding hydrogens is 296 g/mol. The second kappa shape index (κ2) is 5.70. The van der Waals surface area contributed by atoms with Gasteiger partial charge in [0.25, 0.3) is 5.56 Å². The zero-order valence-electron chi connectivity index (χ0n) is 12.3. The van der Waals surface area contributed by atoms with Crippen LogP contribution in [0.4, 0.5) is 19.3 Å². The van der Waals surface area contributed by atoms with Gasteiger partial charge in [-0.2, -0.15) is 0 Å². The van der Waals surface area contributed by atoms with E-state index in [1.54, 1.807) is 20.8 Å². The van der Waals surface area contributed by atoms with E-state index in [1.165, 1.54) is 12.1 Å². The summed E-state index contributed by atoms with van der Waals surface area (Å²) in [6.45, 7) is 3.86. The summed E-state index contributed by atoms with van der Waals surface area (Å²) >= 11 is 0. The number of aromatic nitrogens is 2. The topological polar surface area (TPSA) is 73.2 Å². The second-order valence-electron chi connectivity index (χ2n) is 5.59. The average Bonchev–Trinajstić information content (AvgIpc) is 2.40. The SMILES string of the molecule is CC(C)(C)OC(=O)Nc1ccc2ncn(CF)c(=O)c2c1F. The van der Waals surface area contributed by atoms with E-state index in [0.717, 1.165) is 6.33 Å². The van der Waals surface area contributed by atoms with Gasteiger partial charge in [0.15, 0.2) is 12.6 Å². The number of ether oxygens (including phenoxy) is 1. The largest absolute Gasteiger partial charge is 0.444 e. The molecule has 1 aromatic heterocycles.